The van der Waals surface area contributed by atoms with Crippen molar-refractivity contribution in [3.63, 3.8) is 0 Å². The fourth-order valence-corrected chi connectivity index (χ4v) is 2.57. The highest BCUT2D eigenvalue weighted by Gasteiger charge is 2.38. The Balaban J connectivity index is 2.45. The number of hydrogen-bond donors (Lipinski definition) is 1. The van der Waals surface area contributed by atoms with Crippen LogP contribution in [-0.4, -0.2) is 61.0 Å². The normalized spacial score (nSPS) is 23.3. The summed E-state index contributed by atoms with van der Waals surface area (Å²) < 4.78 is 0. The molecule has 0 heterocycles. The van der Waals surface area contributed by atoms with Gasteiger partial charge in [0.05, 0.1) is 11.8 Å². The van der Waals surface area contributed by atoms with E-state index in [1.165, 1.54) is 0 Å². The van der Waals surface area contributed by atoms with E-state index < -0.39 is 11.9 Å². The minimum atomic E-state index is -0.826. The van der Waals surface area contributed by atoms with Crippen LogP contribution < -0.4 is 0 Å². The van der Waals surface area contributed by atoms with Crippen molar-refractivity contribution in [2.75, 3.05) is 34.2 Å². The van der Waals surface area contributed by atoms with Crippen molar-refractivity contribution in [1.82, 2.24) is 9.80 Å². The molecular formula is C13H24N2O3. The van der Waals surface area contributed by atoms with Crippen LogP contribution in [-0.2, 0) is 9.59 Å². The fourth-order valence-electron chi connectivity index (χ4n) is 2.57. The zero-order valence-electron chi connectivity index (χ0n) is 11.6. The van der Waals surface area contributed by atoms with E-state index in [4.69, 9.17) is 5.11 Å². The molecule has 1 saturated carbocycles. The molecule has 5 heteroatoms. The van der Waals surface area contributed by atoms with Crippen LogP contribution in [0.1, 0.15) is 25.7 Å². The van der Waals surface area contributed by atoms with Gasteiger partial charge in [-0.05, 0) is 39.9 Å². The van der Waals surface area contributed by atoms with Gasteiger partial charge in [-0.25, -0.2) is 0 Å². The third kappa shape index (κ3) is 3.98. The Hall–Kier alpha value is -1.10. The molecule has 1 aliphatic rings. The molecule has 1 N–H and O–H groups in total. The van der Waals surface area contributed by atoms with Crippen LogP contribution in [0.25, 0.3) is 0 Å². The molecule has 2 unspecified atom stereocenters. The third-order valence-electron chi connectivity index (χ3n) is 3.63. The van der Waals surface area contributed by atoms with E-state index >= 15 is 0 Å². The van der Waals surface area contributed by atoms with Gasteiger partial charge in [0.2, 0.25) is 5.91 Å². The number of amides is 1. The highest BCUT2D eigenvalue weighted by molar-refractivity contribution is 5.85. The molecule has 1 rings (SSSR count). The number of nitrogens with zero attached hydrogens (tertiary/aromatic N) is 2. The number of carbonyl (C=O) groups excluding carboxylic acids is 1. The van der Waals surface area contributed by atoms with Crippen LogP contribution >= 0.6 is 0 Å². The van der Waals surface area contributed by atoms with E-state index in [9.17, 15) is 9.59 Å². The summed E-state index contributed by atoms with van der Waals surface area (Å²) in [5.41, 5.74) is 0. The molecule has 0 aromatic heterocycles. The van der Waals surface area contributed by atoms with Gasteiger partial charge in [0.1, 0.15) is 0 Å². The number of rotatable bonds is 6. The average Bonchev–Trinajstić information content (AvgIpc) is 2.76. The van der Waals surface area contributed by atoms with Crippen molar-refractivity contribution in [3.05, 3.63) is 0 Å². The Kier molecular flexibility index (Phi) is 5.59. The molecule has 2 atom stereocenters. The molecule has 1 amide bonds. The van der Waals surface area contributed by atoms with Gasteiger partial charge in [-0.3, -0.25) is 9.59 Å². The lowest BCUT2D eigenvalue weighted by Gasteiger charge is -2.24. The quantitative estimate of drug-likeness (QED) is 0.767. The van der Waals surface area contributed by atoms with Crippen molar-refractivity contribution >= 4 is 11.9 Å². The number of carboxylic acids is 1. The maximum atomic E-state index is 12.2. The summed E-state index contributed by atoms with van der Waals surface area (Å²) in [6.45, 7) is 1.63. The van der Waals surface area contributed by atoms with Gasteiger partial charge in [-0.2, -0.15) is 0 Å². The molecule has 0 spiro atoms. The smallest absolute Gasteiger partial charge is 0.307 e. The SMILES string of the molecule is CN(C)CCCN(C)C(=O)C1CCCC1C(=O)O. The van der Waals surface area contributed by atoms with E-state index in [2.05, 4.69) is 4.90 Å². The zero-order valence-corrected chi connectivity index (χ0v) is 11.6. The molecule has 1 fully saturated rings. The monoisotopic (exact) mass is 256 g/mol. The predicted octanol–water partition coefficient (Wildman–Crippen LogP) is 0.897. The van der Waals surface area contributed by atoms with Crippen molar-refractivity contribution in [1.29, 1.82) is 0 Å². The minimum Gasteiger partial charge on any atom is -0.481 e. The molecule has 0 saturated heterocycles. The van der Waals surface area contributed by atoms with E-state index in [0.29, 0.717) is 19.4 Å². The number of hydrogen-bond acceptors (Lipinski definition) is 3. The molecule has 5 nitrogen and oxygen atoms in total. The molecule has 0 bridgehead atoms. The molecule has 0 radical (unpaired) electrons. The standard InChI is InChI=1S/C13H24N2O3/c1-14(2)8-5-9-15(3)12(16)10-6-4-7-11(10)13(17)18/h10-11H,4-9H2,1-3H3,(H,17,18). The summed E-state index contributed by atoms with van der Waals surface area (Å²) in [5.74, 6) is -1.62. The van der Waals surface area contributed by atoms with Crippen LogP contribution in [0.15, 0.2) is 0 Å². The lowest BCUT2D eigenvalue weighted by atomic mass is 9.95. The first kappa shape index (κ1) is 15.0. The summed E-state index contributed by atoms with van der Waals surface area (Å²) in [5, 5.41) is 9.09. The maximum absolute atomic E-state index is 12.2. The number of carboxylic acid groups (broad SMARTS) is 1. The van der Waals surface area contributed by atoms with Crippen LogP contribution in [0.2, 0.25) is 0 Å². The Morgan fingerprint density at radius 2 is 1.72 bits per heavy atom. The largest absolute Gasteiger partial charge is 0.481 e. The Labute approximate surface area is 109 Å². The van der Waals surface area contributed by atoms with Crippen molar-refractivity contribution in [2.24, 2.45) is 11.8 Å². The first-order valence-electron chi connectivity index (χ1n) is 6.56. The summed E-state index contributed by atoms with van der Waals surface area (Å²) in [6, 6.07) is 0. The predicted molar refractivity (Wildman–Crippen MR) is 69.3 cm³/mol. The first-order valence-corrected chi connectivity index (χ1v) is 6.56. The molecule has 0 aliphatic heterocycles. The van der Waals surface area contributed by atoms with Gasteiger partial charge in [0, 0.05) is 13.6 Å². The van der Waals surface area contributed by atoms with Gasteiger partial charge < -0.3 is 14.9 Å². The van der Waals surface area contributed by atoms with Crippen molar-refractivity contribution in [2.45, 2.75) is 25.7 Å². The fraction of sp³-hybridized carbons (Fsp3) is 0.846. The van der Waals surface area contributed by atoms with Crippen molar-refractivity contribution in [3.8, 4) is 0 Å². The van der Waals surface area contributed by atoms with Crippen LogP contribution in [0.3, 0.4) is 0 Å². The molecule has 104 valence electrons. The summed E-state index contributed by atoms with van der Waals surface area (Å²) in [6.07, 6.45) is 3.11. The van der Waals surface area contributed by atoms with Gasteiger partial charge in [-0.1, -0.05) is 6.42 Å². The molecule has 1 aliphatic carbocycles. The summed E-state index contributed by atoms with van der Waals surface area (Å²) in [7, 11) is 5.77. The summed E-state index contributed by atoms with van der Waals surface area (Å²) >= 11 is 0. The van der Waals surface area contributed by atoms with E-state index in [1.807, 2.05) is 14.1 Å². The number of carbonyl (C=O) groups is 2. The molecule has 18 heavy (non-hydrogen) atoms. The maximum Gasteiger partial charge on any atom is 0.307 e. The van der Waals surface area contributed by atoms with Crippen LogP contribution in [0, 0.1) is 11.8 Å². The first-order chi connectivity index (χ1) is 8.43. The second-order valence-electron chi connectivity index (χ2n) is 5.40. The summed E-state index contributed by atoms with van der Waals surface area (Å²) in [4.78, 5) is 27.0. The molecule has 0 aromatic rings. The number of aliphatic carboxylic acids is 1. The molecule has 0 aromatic carbocycles. The Morgan fingerprint density at radius 1 is 1.11 bits per heavy atom. The van der Waals surface area contributed by atoms with Gasteiger partial charge in [0.25, 0.3) is 0 Å². The topological polar surface area (TPSA) is 60.9 Å². The Bertz CT molecular complexity index is 305. The third-order valence-corrected chi connectivity index (χ3v) is 3.63. The van der Waals surface area contributed by atoms with Gasteiger partial charge in [-0.15, -0.1) is 0 Å². The second kappa shape index (κ2) is 6.73. The second-order valence-corrected chi connectivity index (χ2v) is 5.40. The highest BCUT2D eigenvalue weighted by atomic mass is 16.4. The van der Waals surface area contributed by atoms with E-state index in [0.717, 1.165) is 19.4 Å². The average molecular weight is 256 g/mol. The van der Waals surface area contributed by atoms with Crippen molar-refractivity contribution < 1.29 is 14.7 Å². The van der Waals surface area contributed by atoms with Crippen LogP contribution in [0.5, 0.6) is 0 Å². The molecular weight excluding hydrogens is 232 g/mol. The minimum absolute atomic E-state index is 0.00124. The highest BCUT2D eigenvalue weighted by Crippen LogP contribution is 2.33. The Morgan fingerprint density at radius 3 is 2.28 bits per heavy atom. The van der Waals surface area contributed by atoms with E-state index in [1.54, 1.807) is 11.9 Å². The lowest BCUT2D eigenvalue weighted by molar-refractivity contribution is -0.148. The lowest BCUT2D eigenvalue weighted by Crippen LogP contribution is -2.38. The van der Waals surface area contributed by atoms with Crippen LogP contribution in [0.4, 0.5) is 0 Å². The van der Waals surface area contributed by atoms with E-state index in [-0.39, 0.29) is 11.8 Å². The zero-order chi connectivity index (χ0) is 13.7. The van der Waals surface area contributed by atoms with Gasteiger partial charge >= 0.3 is 5.97 Å². The van der Waals surface area contributed by atoms with Gasteiger partial charge in [0.15, 0.2) is 0 Å².